The molecule has 1 aromatic rings. The first-order valence-electron chi connectivity index (χ1n) is 8.69. The molecule has 130 valence electrons. The van der Waals surface area contributed by atoms with Gasteiger partial charge in [0.15, 0.2) is 0 Å². The van der Waals surface area contributed by atoms with E-state index in [1.165, 1.54) is 5.56 Å². The summed E-state index contributed by atoms with van der Waals surface area (Å²) < 4.78 is 11.3. The highest BCUT2D eigenvalue weighted by atomic mass is 16.5. The second-order valence-corrected chi connectivity index (χ2v) is 6.87. The maximum absolute atomic E-state index is 10.4. The van der Waals surface area contributed by atoms with E-state index in [-0.39, 0.29) is 0 Å². The van der Waals surface area contributed by atoms with Crippen molar-refractivity contribution in [1.29, 1.82) is 0 Å². The molecule has 0 aliphatic carbocycles. The second-order valence-electron chi connectivity index (χ2n) is 6.87. The number of rotatable bonds is 7. The number of hydrogen-bond acceptors (Lipinski definition) is 4. The molecule has 1 N–H and O–H groups in total. The van der Waals surface area contributed by atoms with Crippen molar-refractivity contribution in [1.82, 2.24) is 4.90 Å². The fourth-order valence-electron chi connectivity index (χ4n) is 3.14. The molecule has 23 heavy (non-hydrogen) atoms. The summed E-state index contributed by atoms with van der Waals surface area (Å²) in [6, 6.07) is 7.07. The number of aryl methyl sites for hydroxylation is 2. The molecule has 0 amide bonds. The van der Waals surface area contributed by atoms with Gasteiger partial charge in [-0.05, 0) is 57.7 Å². The van der Waals surface area contributed by atoms with Crippen molar-refractivity contribution in [2.24, 2.45) is 0 Å². The highest BCUT2D eigenvalue weighted by Crippen LogP contribution is 2.20. The van der Waals surface area contributed by atoms with E-state index in [0.717, 1.165) is 37.4 Å². The SMILES string of the molecule is Cc1ccc(C)c(OCC(O)CN(C(C)C)C2CCOCC2)c1. The maximum Gasteiger partial charge on any atom is 0.122 e. The average Bonchev–Trinajstić information content (AvgIpc) is 2.54. The number of aliphatic hydroxyl groups excluding tert-OH is 1. The molecular formula is C19H31NO3. The van der Waals surface area contributed by atoms with Gasteiger partial charge in [-0.25, -0.2) is 0 Å². The van der Waals surface area contributed by atoms with E-state index in [1.807, 2.05) is 19.9 Å². The van der Waals surface area contributed by atoms with Gasteiger partial charge in [0.05, 0.1) is 0 Å². The van der Waals surface area contributed by atoms with E-state index in [9.17, 15) is 5.11 Å². The summed E-state index contributed by atoms with van der Waals surface area (Å²) in [4.78, 5) is 2.39. The average molecular weight is 321 g/mol. The van der Waals surface area contributed by atoms with Crippen LogP contribution in [0.15, 0.2) is 18.2 Å². The molecule has 4 heteroatoms. The summed E-state index contributed by atoms with van der Waals surface area (Å²) in [7, 11) is 0. The van der Waals surface area contributed by atoms with Crippen molar-refractivity contribution in [3.63, 3.8) is 0 Å². The van der Waals surface area contributed by atoms with Crippen molar-refractivity contribution in [3.05, 3.63) is 29.3 Å². The topological polar surface area (TPSA) is 41.9 Å². The van der Waals surface area contributed by atoms with Crippen LogP contribution < -0.4 is 4.74 Å². The van der Waals surface area contributed by atoms with Gasteiger partial charge in [0, 0.05) is 31.8 Å². The lowest BCUT2D eigenvalue weighted by atomic mass is 10.0. The van der Waals surface area contributed by atoms with Crippen LogP contribution in [0.4, 0.5) is 0 Å². The van der Waals surface area contributed by atoms with Gasteiger partial charge in [-0.3, -0.25) is 4.90 Å². The quantitative estimate of drug-likeness (QED) is 0.838. The maximum atomic E-state index is 10.4. The van der Waals surface area contributed by atoms with Crippen LogP contribution >= 0.6 is 0 Å². The second kappa shape index (κ2) is 8.67. The zero-order chi connectivity index (χ0) is 16.8. The van der Waals surface area contributed by atoms with Crippen LogP contribution in [0.2, 0.25) is 0 Å². The summed E-state index contributed by atoms with van der Waals surface area (Å²) in [5, 5.41) is 10.4. The Morgan fingerprint density at radius 3 is 2.61 bits per heavy atom. The molecule has 1 atom stereocenters. The van der Waals surface area contributed by atoms with Gasteiger partial charge in [0.25, 0.3) is 0 Å². The minimum absolute atomic E-state index is 0.330. The highest BCUT2D eigenvalue weighted by molar-refractivity contribution is 5.35. The zero-order valence-corrected chi connectivity index (χ0v) is 14.9. The first-order valence-corrected chi connectivity index (χ1v) is 8.69. The van der Waals surface area contributed by atoms with Crippen molar-refractivity contribution >= 4 is 0 Å². The van der Waals surface area contributed by atoms with E-state index in [1.54, 1.807) is 0 Å². The molecule has 1 fully saturated rings. The molecule has 1 aliphatic heterocycles. The Hall–Kier alpha value is -1.10. The predicted molar refractivity (Wildman–Crippen MR) is 93.1 cm³/mol. The van der Waals surface area contributed by atoms with Crippen molar-refractivity contribution in [2.45, 2.75) is 58.7 Å². The molecule has 0 spiro atoms. The first kappa shape index (κ1) is 18.2. The van der Waals surface area contributed by atoms with Crippen LogP contribution in [0.25, 0.3) is 0 Å². The molecule has 0 saturated carbocycles. The molecule has 2 rings (SSSR count). The Kier molecular flexibility index (Phi) is 6.88. The molecule has 1 aromatic carbocycles. The molecule has 4 nitrogen and oxygen atoms in total. The van der Waals surface area contributed by atoms with E-state index >= 15 is 0 Å². The Labute approximate surface area is 140 Å². The largest absolute Gasteiger partial charge is 0.491 e. The Bertz CT molecular complexity index is 484. The Morgan fingerprint density at radius 2 is 1.96 bits per heavy atom. The van der Waals surface area contributed by atoms with E-state index in [0.29, 0.717) is 25.2 Å². The van der Waals surface area contributed by atoms with Gasteiger partial charge in [0.1, 0.15) is 18.5 Å². The van der Waals surface area contributed by atoms with Gasteiger partial charge in [0.2, 0.25) is 0 Å². The monoisotopic (exact) mass is 321 g/mol. The zero-order valence-electron chi connectivity index (χ0n) is 14.9. The molecule has 1 aliphatic rings. The van der Waals surface area contributed by atoms with Crippen molar-refractivity contribution in [3.8, 4) is 5.75 Å². The highest BCUT2D eigenvalue weighted by Gasteiger charge is 2.25. The van der Waals surface area contributed by atoms with E-state index in [4.69, 9.17) is 9.47 Å². The fraction of sp³-hybridized carbons (Fsp3) is 0.684. The van der Waals surface area contributed by atoms with Gasteiger partial charge >= 0.3 is 0 Å². The number of aliphatic hydroxyl groups is 1. The molecule has 1 unspecified atom stereocenters. The molecule has 0 radical (unpaired) electrons. The lowest BCUT2D eigenvalue weighted by Gasteiger charge is -2.38. The van der Waals surface area contributed by atoms with Gasteiger partial charge in [-0.2, -0.15) is 0 Å². The number of ether oxygens (including phenoxy) is 2. The Balaban J connectivity index is 1.88. The fourth-order valence-corrected chi connectivity index (χ4v) is 3.14. The third-order valence-electron chi connectivity index (χ3n) is 4.52. The minimum atomic E-state index is -0.486. The molecule has 1 heterocycles. The summed E-state index contributed by atoms with van der Waals surface area (Å²) in [5.74, 6) is 0.867. The van der Waals surface area contributed by atoms with Gasteiger partial charge in [-0.1, -0.05) is 12.1 Å². The minimum Gasteiger partial charge on any atom is -0.491 e. The molecule has 1 saturated heterocycles. The summed E-state index contributed by atoms with van der Waals surface area (Å²) in [5.41, 5.74) is 2.28. The van der Waals surface area contributed by atoms with Gasteiger partial charge < -0.3 is 14.6 Å². The number of hydrogen-bond donors (Lipinski definition) is 1. The lowest BCUT2D eigenvalue weighted by Crippen LogP contribution is -2.48. The van der Waals surface area contributed by atoms with Crippen LogP contribution in [0.5, 0.6) is 5.75 Å². The third kappa shape index (κ3) is 5.48. The summed E-state index contributed by atoms with van der Waals surface area (Å²) >= 11 is 0. The van der Waals surface area contributed by atoms with Gasteiger partial charge in [-0.15, -0.1) is 0 Å². The van der Waals surface area contributed by atoms with Crippen LogP contribution in [0, 0.1) is 13.8 Å². The molecular weight excluding hydrogens is 290 g/mol. The van der Waals surface area contributed by atoms with Crippen LogP contribution in [0.1, 0.15) is 37.8 Å². The summed E-state index contributed by atoms with van der Waals surface area (Å²) in [6.07, 6.45) is 1.60. The summed E-state index contributed by atoms with van der Waals surface area (Å²) in [6.45, 7) is 11.1. The first-order chi connectivity index (χ1) is 11.0. The van der Waals surface area contributed by atoms with E-state index < -0.39 is 6.10 Å². The number of nitrogens with zero attached hydrogens (tertiary/aromatic N) is 1. The Morgan fingerprint density at radius 1 is 1.26 bits per heavy atom. The van der Waals surface area contributed by atoms with Crippen LogP contribution in [0.3, 0.4) is 0 Å². The standard InChI is InChI=1S/C19H31NO3/c1-14(2)20(17-7-9-22-10-8-17)12-18(21)13-23-19-11-15(3)5-6-16(19)4/h5-6,11,14,17-18,21H,7-10,12-13H2,1-4H3. The third-order valence-corrected chi connectivity index (χ3v) is 4.52. The van der Waals surface area contributed by atoms with E-state index in [2.05, 4.69) is 30.9 Å². The van der Waals surface area contributed by atoms with Crippen molar-refractivity contribution in [2.75, 3.05) is 26.4 Å². The number of benzene rings is 1. The predicted octanol–water partition coefficient (Wildman–Crippen LogP) is 2.93. The lowest BCUT2D eigenvalue weighted by molar-refractivity contribution is -0.00755. The normalized spacial score (nSPS) is 17.7. The van der Waals surface area contributed by atoms with Crippen LogP contribution in [-0.2, 0) is 4.74 Å². The van der Waals surface area contributed by atoms with Crippen molar-refractivity contribution < 1.29 is 14.6 Å². The molecule has 0 bridgehead atoms. The molecule has 0 aromatic heterocycles. The smallest absolute Gasteiger partial charge is 0.122 e. The van der Waals surface area contributed by atoms with Crippen LogP contribution in [-0.4, -0.2) is 54.6 Å².